The van der Waals surface area contributed by atoms with E-state index in [0.717, 1.165) is 24.8 Å². The Bertz CT molecular complexity index is 779. The third kappa shape index (κ3) is 12.3. The van der Waals surface area contributed by atoms with E-state index < -0.39 is 30.1 Å². The van der Waals surface area contributed by atoms with Gasteiger partial charge in [-0.2, -0.15) is 0 Å². The van der Waals surface area contributed by atoms with Crippen LogP contribution in [0.1, 0.15) is 85.6 Å². The minimum atomic E-state index is -3.10. The van der Waals surface area contributed by atoms with E-state index in [9.17, 15) is 9.59 Å². The molecule has 1 N–H and O–H groups in total. The topological polar surface area (TPSA) is 64.6 Å². The van der Waals surface area contributed by atoms with Gasteiger partial charge in [0.05, 0.1) is 0 Å². The second-order valence-corrected chi connectivity index (χ2v) is 24.2. The van der Waals surface area contributed by atoms with Crippen LogP contribution in [0.3, 0.4) is 0 Å². The molecular weight excluding hydrogens is 557 g/mol. The van der Waals surface area contributed by atoms with Crippen molar-refractivity contribution >= 4 is 30.3 Å². The minimum absolute atomic E-state index is 0.0119. The Morgan fingerprint density at radius 1 is 0.944 bits per heavy atom. The molecule has 5 nitrogen and oxygen atoms in total. The molecule has 0 bridgehead atoms. The number of ketones is 1. The van der Waals surface area contributed by atoms with Crippen LogP contribution >= 0.6 is 0 Å². The Labute approximate surface area is 224 Å². The van der Waals surface area contributed by atoms with Crippen LogP contribution in [-0.2, 0) is 20.7 Å². The van der Waals surface area contributed by atoms with Crippen LogP contribution in [0.5, 0.6) is 0 Å². The number of unbranched alkanes of at least 4 members (excludes halogenated alkanes) is 3. The zero-order valence-corrected chi connectivity index (χ0v) is 26.8. The quantitative estimate of drug-likeness (QED) is 0.146. The second-order valence-electron chi connectivity index (χ2n) is 11.0. The van der Waals surface area contributed by atoms with Gasteiger partial charge in [0.2, 0.25) is 0 Å². The van der Waals surface area contributed by atoms with Crippen molar-refractivity contribution in [2.45, 2.75) is 111 Å². The van der Waals surface area contributed by atoms with Crippen molar-refractivity contribution in [2.24, 2.45) is 0 Å². The molecule has 204 valence electrons. The molecule has 1 aromatic rings. The molecule has 0 radical (unpaired) electrons. The van der Waals surface area contributed by atoms with Crippen molar-refractivity contribution in [3.8, 4) is 0 Å². The van der Waals surface area contributed by atoms with Crippen molar-refractivity contribution in [3.05, 3.63) is 45.6 Å². The number of ether oxygens (including phenoxy) is 2. The van der Waals surface area contributed by atoms with Crippen molar-refractivity contribution in [1.29, 1.82) is 0 Å². The maximum absolute atomic E-state index is 13.1. The Morgan fingerprint density at radius 2 is 1.47 bits per heavy atom. The first-order valence-electron chi connectivity index (χ1n) is 13.9. The molecule has 1 rings (SSSR count). The van der Waals surface area contributed by atoms with E-state index in [1.807, 2.05) is 45.0 Å². The van der Waals surface area contributed by atoms with Crippen molar-refractivity contribution in [3.63, 3.8) is 0 Å². The number of amides is 1. The molecule has 0 aliphatic carbocycles. The summed E-state index contributed by atoms with van der Waals surface area (Å²) in [6.07, 6.45) is 9.03. The number of alkyl carbamates (subject to hydrolysis) is 1. The summed E-state index contributed by atoms with van der Waals surface area (Å²) in [6.45, 7) is 12.4. The van der Waals surface area contributed by atoms with Crippen LogP contribution in [0.15, 0.2) is 40.0 Å². The van der Waals surface area contributed by atoms with Gasteiger partial charge in [0.25, 0.3) is 0 Å². The molecular formula is C30H51NO4Sn. The number of nitrogens with one attached hydrogen (secondary N) is 1. The number of hydrogen-bond acceptors (Lipinski definition) is 4. The maximum atomic E-state index is 13.1. The third-order valence-corrected chi connectivity index (χ3v) is 22.7. The average Bonchev–Trinajstić information content (AvgIpc) is 2.82. The summed E-state index contributed by atoms with van der Waals surface area (Å²) >= 11 is -3.10. The van der Waals surface area contributed by atoms with E-state index in [0.29, 0.717) is 6.42 Å². The SMILES string of the molecule is CCC[CH2][Sn]([CH2]CCC)([CH2]CCC)/[C](=C/C(=O)COC)[C@H](Cc1ccccc1)NC(=O)OC(C)(C)C. The van der Waals surface area contributed by atoms with Crippen molar-refractivity contribution < 1.29 is 19.1 Å². The van der Waals surface area contributed by atoms with Crippen LogP contribution in [-0.4, -0.2) is 55.6 Å². The monoisotopic (exact) mass is 609 g/mol. The molecule has 1 aromatic carbocycles. The number of hydrogen-bond donors (Lipinski definition) is 1. The molecule has 0 spiro atoms. The van der Waals surface area contributed by atoms with Crippen molar-refractivity contribution in [2.75, 3.05) is 13.7 Å². The Hall–Kier alpha value is -1.34. The van der Waals surface area contributed by atoms with Gasteiger partial charge in [-0.25, -0.2) is 0 Å². The van der Waals surface area contributed by atoms with Gasteiger partial charge in [0.15, 0.2) is 0 Å². The predicted octanol–water partition coefficient (Wildman–Crippen LogP) is 7.65. The van der Waals surface area contributed by atoms with Crippen LogP contribution in [0.2, 0.25) is 13.3 Å². The fraction of sp³-hybridized carbons (Fsp3) is 0.667. The fourth-order valence-corrected chi connectivity index (χ4v) is 22.2. The number of rotatable bonds is 17. The Kier molecular flexibility index (Phi) is 15.6. The zero-order valence-electron chi connectivity index (χ0n) is 24.0. The van der Waals surface area contributed by atoms with E-state index in [1.165, 1.54) is 36.2 Å². The molecule has 0 unspecified atom stereocenters. The first-order chi connectivity index (χ1) is 17.1. The predicted molar refractivity (Wildman–Crippen MR) is 153 cm³/mol. The number of carbonyl (C=O) groups is 2. The molecule has 1 atom stereocenters. The molecule has 0 aliphatic heterocycles. The van der Waals surface area contributed by atoms with Gasteiger partial charge in [-0.1, -0.05) is 0 Å². The average molecular weight is 608 g/mol. The second kappa shape index (κ2) is 17.2. The molecule has 0 heterocycles. The van der Waals surface area contributed by atoms with E-state index in [2.05, 4.69) is 38.2 Å². The van der Waals surface area contributed by atoms with E-state index in [1.54, 1.807) is 7.11 Å². The fourth-order valence-electron chi connectivity index (χ4n) is 4.87. The Balaban J connectivity index is 3.68. The molecule has 0 aliphatic rings. The van der Waals surface area contributed by atoms with Gasteiger partial charge < -0.3 is 0 Å². The van der Waals surface area contributed by atoms with Crippen LogP contribution in [0, 0.1) is 0 Å². The zero-order chi connectivity index (χ0) is 27.0. The van der Waals surface area contributed by atoms with Crippen LogP contribution in [0.25, 0.3) is 0 Å². The van der Waals surface area contributed by atoms with Gasteiger partial charge in [0, 0.05) is 0 Å². The summed E-state index contributed by atoms with van der Waals surface area (Å²) in [4.78, 5) is 26.2. The van der Waals surface area contributed by atoms with Gasteiger partial charge in [-0.05, 0) is 0 Å². The van der Waals surface area contributed by atoms with E-state index in [4.69, 9.17) is 9.47 Å². The first-order valence-corrected chi connectivity index (χ1v) is 21.4. The number of carbonyl (C=O) groups excluding carboxylic acids is 2. The van der Waals surface area contributed by atoms with Crippen molar-refractivity contribution in [1.82, 2.24) is 5.32 Å². The summed E-state index contributed by atoms with van der Waals surface area (Å²) in [6, 6.07) is 10.00. The van der Waals surface area contributed by atoms with Crippen LogP contribution in [0.4, 0.5) is 4.79 Å². The normalized spacial score (nSPS) is 13.4. The molecule has 0 aromatic heterocycles. The molecule has 0 saturated carbocycles. The standard InChI is InChI=1S/C18H24NO4.3C4H9.Sn/c1-18(2,3)23-17(21)19-15(10-11-16(20)13-22-4)12-14-8-6-5-7-9-14;3*1-3-4-2;/h5-9,11,15H,12-13H2,1-4H3,(H,19,21);3*1,3-4H2,2H3;/t15-;;;;/m1..../s1. The number of benzene rings is 1. The summed E-state index contributed by atoms with van der Waals surface area (Å²) in [5.41, 5.74) is 0.551. The summed E-state index contributed by atoms with van der Waals surface area (Å²) in [5, 5.41) is 3.23. The number of methoxy groups -OCH3 is 1. The van der Waals surface area contributed by atoms with Gasteiger partial charge in [0.1, 0.15) is 0 Å². The van der Waals surface area contributed by atoms with Gasteiger partial charge >= 0.3 is 225 Å². The summed E-state index contributed by atoms with van der Waals surface area (Å²) in [5.74, 6) is -0.0119. The molecule has 0 fully saturated rings. The van der Waals surface area contributed by atoms with E-state index >= 15 is 0 Å². The van der Waals surface area contributed by atoms with Crippen LogP contribution < -0.4 is 5.32 Å². The molecule has 36 heavy (non-hydrogen) atoms. The Morgan fingerprint density at radius 3 is 1.92 bits per heavy atom. The molecule has 0 saturated heterocycles. The summed E-state index contributed by atoms with van der Waals surface area (Å²) < 4.78 is 15.8. The van der Waals surface area contributed by atoms with Gasteiger partial charge in [-0.15, -0.1) is 0 Å². The first kappa shape index (κ1) is 32.7. The third-order valence-electron chi connectivity index (χ3n) is 6.59. The molecule has 6 heteroatoms. The molecule has 1 amide bonds. The van der Waals surface area contributed by atoms with E-state index in [-0.39, 0.29) is 18.4 Å². The van der Waals surface area contributed by atoms with Gasteiger partial charge in [-0.3, -0.25) is 0 Å². The summed E-state index contributed by atoms with van der Waals surface area (Å²) in [7, 11) is 1.56.